The Morgan fingerprint density at radius 2 is 1.59 bits per heavy atom. The fourth-order valence-corrected chi connectivity index (χ4v) is 2.18. The minimum absolute atomic E-state index is 0.281. The Labute approximate surface area is 102 Å². The summed E-state index contributed by atoms with van der Waals surface area (Å²) in [6, 6.07) is 0.534. The predicted octanol–water partition coefficient (Wildman–Crippen LogP) is 0.899. The molecule has 1 aromatic rings. The number of anilines is 3. The lowest BCUT2D eigenvalue weighted by Gasteiger charge is -2.25. The fraction of sp³-hybridized carbons (Fsp3) is 0.727. The third-order valence-electron chi connectivity index (χ3n) is 3.22. The molecule has 0 saturated heterocycles. The Morgan fingerprint density at radius 1 is 1.00 bits per heavy atom. The van der Waals surface area contributed by atoms with E-state index in [1.54, 1.807) is 0 Å². The average molecular weight is 236 g/mol. The largest absolute Gasteiger partial charge is 0.368 e. The molecule has 1 aliphatic carbocycles. The molecular formula is C11H20N6. The normalized spacial score (nSPS) is 16.2. The van der Waals surface area contributed by atoms with Crippen molar-refractivity contribution in [2.24, 2.45) is 0 Å². The highest BCUT2D eigenvalue weighted by Gasteiger charge is 2.22. The minimum Gasteiger partial charge on any atom is -0.368 e. The maximum atomic E-state index is 5.72. The van der Waals surface area contributed by atoms with Gasteiger partial charge in [0.25, 0.3) is 0 Å². The van der Waals surface area contributed by atoms with Crippen LogP contribution in [-0.4, -0.2) is 42.1 Å². The van der Waals surface area contributed by atoms with Crippen molar-refractivity contribution in [1.82, 2.24) is 15.0 Å². The van der Waals surface area contributed by atoms with E-state index in [4.69, 9.17) is 5.73 Å². The molecule has 0 bridgehead atoms. The van der Waals surface area contributed by atoms with Crippen molar-refractivity contribution in [2.45, 2.75) is 31.7 Å². The predicted molar refractivity (Wildman–Crippen MR) is 69.2 cm³/mol. The number of hydrogen-bond donors (Lipinski definition) is 1. The molecule has 0 atom stereocenters. The van der Waals surface area contributed by atoms with Crippen LogP contribution >= 0.6 is 0 Å². The van der Waals surface area contributed by atoms with Crippen molar-refractivity contribution >= 4 is 17.8 Å². The van der Waals surface area contributed by atoms with Crippen molar-refractivity contribution in [3.8, 4) is 0 Å². The molecule has 0 aliphatic heterocycles. The van der Waals surface area contributed by atoms with Crippen molar-refractivity contribution in [3.63, 3.8) is 0 Å². The van der Waals surface area contributed by atoms with Gasteiger partial charge in [-0.3, -0.25) is 0 Å². The van der Waals surface area contributed by atoms with E-state index in [1.165, 1.54) is 25.7 Å². The third kappa shape index (κ3) is 2.57. The molecule has 2 N–H and O–H groups in total. The minimum atomic E-state index is 0.281. The van der Waals surface area contributed by atoms with Gasteiger partial charge >= 0.3 is 0 Å². The van der Waals surface area contributed by atoms with Crippen molar-refractivity contribution in [2.75, 3.05) is 36.7 Å². The molecule has 17 heavy (non-hydrogen) atoms. The van der Waals surface area contributed by atoms with Crippen LogP contribution in [0.4, 0.5) is 17.8 Å². The first-order chi connectivity index (χ1) is 8.08. The summed E-state index contributed by atoms with van der Waals surface area (Å²) >= 11 is 0. The summed E-state index contributed by atoms with van der Waals surface area (Å²) in [5.41, 5.74) is 5.72. The molecule has 1 fully saturated rings. The van der Waals surface area contributed by atoms with Gasteiger partial charge in [0.05, 0.1) is 0 Å². The van der Waals surface area contributed by atoms with Crippen LogP contribution in [0.5, 0.6) is 0 Å². The topological polar surface area (TPSA) is 71.2 Å². The number of nitrogens with two attached hydrogens (primary N) is 1. The molecule has 1 aliphatic rings. The summed E-state index contributed by atoms with van der Waals surface area (Å²) in [5, 5.41) is 0. The Hall–Kier alpha value is -1.59. The third-order valence-corrected chi connectivity index (χ3v) is 3.22. The first-order valence-corrected chi connectivity index (χ1v) is 5.99. The van der Waals surface area contributed by atoms with E-state index < -0.39 is 0 Å². The lowest BCUT2D eigenvalue weighted by molar-refractivity contribution is 0.637. The zero-order valence-electron chi connectivity index (χ0n) is 10.7. The van der Waals surface area contributed by atoms with Crippen LogP contribution in [0.1, 0.15) is 25.7 Å². The fourth-order valence-electron chi connectivity index (χ4n) is 2.18. The second kappa shape index (κ2) is 4.73. The average Bonchev–Trinajstić information content (AvgIpc) is 2.80. The van der Waals surface area contributed by atoms with Crippen molar-refractivity contribution in [3.05, 3.63) is 0 Å². The highest BCUT2D eigenvalue weighted by molar-refractivity contribution is 5.42. The first-order valence-electron chi connectivity index (χ1n) is 5.99. The van der Waals surface area contributed by atoms with Crippen LogP contribution in [-0.2, 0) is 0 Å². The van der Waals surface area contributed by atoms with E-state index in [1.807, 2.05) is 26.0 Å². The molecule has 2 rings (SSSR count). The number of hydrogen-bond acceptors (Lipinski definition) is 6. The summed E-state index contributed by atoms with van der Waals surface area (Å²) in [6.07, 6.45) is 4.99. The van der Waals surface area contributed by atoms with E-state index in [0.717, 1.165) is 0 Å². The van der Waals surface area contributed by atoms with Gasteiger partial charge in [-0.1, -0.05) is 12.8 Å². The quantitative estimate of drug-likeness (QED) is 0.840. The molecular weight excluding hydrogens is 216 g/mol. The number of nitrogens with zero attached hydrogens (tertiary/aromatic N) is 5. The molecule has 94 valence electrons. The molecule has 0 radical (unpaired) electrons. The SMILES string of the molecule is CN(C)c1nc(N)nc(N(C)C2CCCC2)n1. The van der Waals surface area contributed by atoms with Gasteiger partial charge in [-0.2, -0.15) is 15.0 Å². The first kappa shape index (κ1) is 11.9. The zero-order valence-corrected chi connectivity index (χ0v) is 10.7. The molecule has 1 heterocycles. The number of nitrogen functional groups attached to an aromatic ring is 1. The lowest BCUT2D eigenvalue weighted by atomic mass is 10.2. The van der Waals surface area contributed by atoms with Crippen molar-refractivity contribution < 1.29 is 0 Å². The van der Waals surface area contributed by atoms with Crippen LogP contribution in [0.25, 0.3) is 0 Å². The zero-order chi connectivity index (χ0) is 12.4. The van der Waals surface area contributed by atoms with Gasteiger partial charge in [-0.05, 0) is 12.8 Å². The Bertz CT molecular complexity index is 386. The van der Waals surface area contributed by atoms with E-state index in [9.17, 15) is 0 Å². The summed E-state index contributed by atoms with van der Waals surface area (Å²) in [5.74, 6) is 1.56. The summed E-state index contributed by atoms with van der Waals surface area (Å²) in [4.78, 5) is 16.7. The van der Waals surface area contributed by atoms with Gasteiger partial charge in [-0.15, -0.1) is 0 Å². The van der Waals surface area contributed by atoms with Crippen LogP contribution < -0.4 is 15.5 Å². The molecule has 0 aromatic carbocycles. The molecule has 1 saturated carbocycles. The van der Waals surface area contributed by atoms with Gasteiger partial charge in [0, 0.05) is 27.2 Å². The molecule has 1 aromatic heterocycles. The molecule has 0 unspecified atom stereocenters. The van der Waals surface area contributed by atoms with Crippen molar-refractivity contribution in [1.29, 1.82) is 0 Å². The monoisotopic (exact) mass is 236 g/mol. The smallest absolute Gasteiger partial charge is 0.231 e. The number of aromatic nitrogens is 3. The van der Waals surface area contributed by atoms with Crippen LogP contribution in [0.3, 0.4) is 0 Å². The number of rotatable bonds is 3. The van der Waals surface area contributed by atoms with Crippen LogP contribution in [0.15, 0.2) is 0 Å². The second-order valence-corrected chi connectivity index (χ2v) is 4.74. The summed E-state index contributed by atoms with van der Waals surface area (Å²) < 4.78 is 0. The van der Waals surface area contributed by atoms with Crippen LogP contribution in [0, 0.1) is 0 Å². The van der Waals surface area contributed by atoms with Gasteiger partial charge in [0.2, 0.25) is 17.8 Å². The Balaban J connectivity index is 2.24. The Morgan fingerprint density at radius 3 is 2.18 bits per heavy atom. The Kier molecular flexibility index (Phi) is 3.31. The highest BCUT2D eigenvalue weighted by Crippen LogP contribution is 2.25. The second-order valence-electron chi connectivity index (χ2n) is 4.74. The molecule has 0 spiro atoms. The summed E-state index contributed by atoms with van der Waals surface area (Å²) in [6.45, 7) is 0. The van der Waals surface area contributed by atoms with E-state index in [2.05, 4.69) is 19.9 Å². The molecule has 6 nitrogen and oxygen atoms in total. The molecule has 0 amide bonds. The maximum Gasteiger partial charge on any atom is 0.231 e. The van der Waals surface area contributed by atoms with E-state index >= 15 is 0 Å². The van der Waals surface area contributed by atoms with E-state index in [-0.39, 0.29) is 5.95 Å². The highest BCUT2D eigenvalue weighted by atomic mass is 15.3. The van der Waals surface area contributed by atoms with Gasteiger partial charge in [0.1, 0.15) is 0 Å². The van der Waals surface area contributed by atoms with E-state index in [0.29, 0.717) is 17.9 Å². The van der Waals surface area contributed by atoms with Gasteiger partial charge < -0.3 is 15.5 Å². The van der Waals surface area contributed by atoms with Gasteiger partial charge in [0.15, 0.2) is 0 Å². The van der Waals surface area contributed by atoms with Gasteiger partial charge in [-0.25, -0.2) is 0 Å². The maximum absolute atomic E-state index is 5.72. The standard InChI is InChI=1S/C11H20N6/c1-16(2)10-13-9(12)14-11(15-10)17(3)8-6-4-5-7-8/h8H,4-7H2,1-3H3,(H2,12,13,14,15). The van der Waals surface area contributed by atoms with Crippen LogP contribution in [0.2, 0.25) is 0 Å². The molecule has 6 heteroatoms. The summed E-state index contributed by atoms with van der Waals surface area (Å²) in [7, 11) is 5.83. The lowest BCUT2D eigenvalue weighted by Crippen LogP contribution is -2.31.